The molecule has 0 spiro atoms. The molecule has 0 atom stereocenters. The van der Waals surface area contributed by atoms with Crippen molar-refractivity contribution in [2.24, 2.45) is 0 Å². The second kappa shape index (κ2) is 5.59. The van der Waals surface area contributed by atoms with E-state index < -0.39 is 0 Å². The van der Waals surface area contributed by atoms with Gasteiger partial charge in [0.25, 0.3) is 12.1 Å². The molecule has 2 rings (SSSR count). The predicted molar refractivity (Wildman–Crippen MR) is 69.1 cm³/mol. The van der Waals surface area contributed by atoms with Gasteiger partial charge in [0.15, 0.2) is 6.04 Å². The number of hydrogen-bond donors (Lipinski definition) is 1. The van der Waals surface area contributed by atoms with Gasteiger partial charge in [0.05, 0.1) is 0 Å². The largest absolute Gasteiger partial charge is 0.302 e. The number of amides is 1. The van der Waals surface area contributed by atoms with Crippen LogP contribution in [0.25, 0.3) is 6.08 Å². The molecule has 1 N–H and O–H groups in total. The van der Waals surface area contributed by atoms with Gasteiger partial charge in [0.2, 0.25) is 5.27 Å². The highest BCUT2D eigenvalue weighted by Crippen LogP contribution is 2.10. The third-order valence-corrected chi connectivity index (χ3v) is 3.04. The Labute approximate surface area is 109 Å². The number of hydrogen-bond acceptors (Lipinski definition) is 4. The van der Waals surface area contributed by atoms with Crippen LogP contribution in [0.15, 0.2) is 34.3 Å². The van der Waals surface area contributed by atoms with Gasteiger partial charge in [-0.25, -0.2) is 0 Å². The fourth-order valence-electron chi connectivity index (χ4n) is 1.26. The van der Waals surface area contributed by atoms with Gasteiger partial charge >= 0.3 is 5.88 Å². The number of anilines is 1. The summed E-state index contributed by atoms with van der Waals surface area (Å²) < 4.78 is 6.62. The molecule has 0 saturated carbocycles. The van der Waals surface area contributed by atoms with E-state index in [9.17, 15) is 4.79 Å². The Morgan fingerprint density at radius 2 is 2.44 bits per heavy atom. The molecule has 0 aliphatic heterocycles. The number of nitrogens with zero attached hydrogens (tertiary/aromatic N) is 2. The Morgan fingerprint density at radius 1 is 1.61 bits per heavy atom. The second-order valence-electron chi connectivity index (χ2n) is 3.98. The Bertz CT molecular complexity index is 543. The number of rotatable bonds is 4. The highest BCUT2D eigenvalue weighted by atomic mass is 32.1. The summed E-state index contributed by atoms with van der Waals surface area (Å²) >= 11 is 1.57. The van der Waals surface area contributed by atoms with Gasteiger partial charge < -0.3 is 0 Å². The highest BCUT2D eigenvalue weighted by Gasteiger charge is 2.15. The number of carbonyl (C=O) groups excluding carboxylic acids is 1. The van der Waals surface area contributed by atoms with E-state index in [1.165, 1.54) is 6.08 Å². The first-order valence-corrected chi connectivity index (χ1v) is 6.44. The average molecular weight is 264 g/mol. The lowest BCUT2D eigenvalue weighted by Gasteiger charge is -1.91. The van der Waals surface area contributed by atoms with Gasteiger partial charge in [0, 0.05) is 11.0 Å². The lowest BCUT2D eigenvalue weighted by molar-refractivity contribution is -0.779. The molecule has 18 heavy (non-hydrogen) atoms. The van der Waals surface area contributed by atoms with Crippen molar-refractivity contribution in [1.29, 1.82) is 0 Å². The molecule has 0 saturated heterocycles. The first-order chi connectivity index (χ1) is 8.65. The van der Waals surface area contributed by atoms with Crippen molar-refractivity contribution >= 4 is 29.2 Å². The molecule has 2 aromatic rings. The summed E-state index contributed by atoms with van der Waals surface area (Å²) in [5.74, 6) is 0.0972. The van der Waals surface area contributed by atoms with E-state index in [0.717, 1.165) is 4.88 Å². The van der Waals surface area contributed by atoms with Crippen molar-refractivity contribution in [3.8, 4) is 0 Å². The molecular weight excluding hydrogens is 250 g/mol. The lowest BCUT2D eigenvalue weighted by Crippen LogP contribution is -2.36. The van der Waals surface area contributed by atoms with Crippen LogP contribution in [-0.2, 0) is 4.79 Å². The summed E-state index contributed by atoms with van der Waals surface area (Å²) in [6, 6.07) is 4.07. The molecular formula is C12H14N3O2S+. The van der Waals surface area contributed by atoms with Gasteiger partial charge in [-0.1, -0.05) is 6.07 Å². The zero-order chi connectivity index (χ0) is 13.0. The van der Waals surface area contributed by atoms with Crippen molar-refractivity contribution in [2.45, 2.75) is 19.9 Å². The third kappa shape index (κ3) is 3.27. The van der Waals surface area contributed by atoms with Crippen molar-refractivity contribution in [3.05, 3.63) is 34.7 Å². The van der Waals surface area contributed by atoms with Crippen LogP contribution in [0.1, 0.15) is 24.8 Å². The van der Waals surface area contributed by atoms with Crippen LogP contribution in [0.2, 0.25) is 0 Å². The first kappa shape index (κ1) is 12.5. The maximum absolute atomic E-state index is 11.6. The van der Waals surface area contributed by atoms with E-state index in [4.69, 9.17) is 4.52 Å². The molecule has 0 aromatic carbocycles. The maximum Gasteiger partial charge on any atom is 0.302 e. The molecule has 2 heterocycles. The SMILES string of the molecule is CC(C)[n+]1cc(NC(=O)/C=C/c2cccs2)on1. The monoisotopic (exact) mass is 264 g/mol. The molecule has 94 valence electrons. The Hall–Kier alpha value is -1.95. The smallest absolute Gasteiger partial charge is 0.285 e. The summed E-state index contributed by atoms with van der Waals surface area (Å²) in [5, 5.41) is 8.35. The molecule has 2 aromatic heterocycles. The van der Waals surface area contributed by atoms with Crippen LogP contribution in [0, 0.1) is 0 Å². The molecule has 0 radical (unpaired) electrons. The standard InChI is InChI=1S/C12H13N3O2S/c1-9(2)15-8-12(17-14-15)13-11(16)6-5-10-4-3-7-18-10/h3-9H,1-2H3/p+1/b6-5+. The number of aromatic nitrogens is 2. The van der Waals surface area contributed by atoms with Gasteiger partial charge in [-0.3, -0.25) is 14.6 Å². The normalized spacial score (nSPS) is 11.3. The Morgan fingerprint density at radius 3 is 3.06 bits per heavy atom. The van der Waals surface area contributed by atoms with Crippen LogP contribution in [0.4, 0.5) is 5.88 Å². The molecule has 0 fully saturated rings. The lowest BCUT2D eigenvalue weighted by atomic mass is 10.4. The average Bonchev–Trinajstić information content (AvgIpc) is 2.96. The van der Waals surface area contributed by atoms with Gasteiger partial charge in [-0.2, -0.15) is 0 Å². The minimum absolute atomic E-state index is 0.195. The summed E-state index contributed by atoms with van der Waals surface area (Å²) in [4.78, 5) is 12.6. The van der Waals surface area contributed by atoms with Crippen LogP contribution < -0.4 is 10.00 Å². The van der Waals surface area contributed by atoms with Gasteiger partial charge in [-0.15, -0.1) is 11.3 Å². The van der Waals surface area contributed by atoms with E-state index in [2.05, 4.69) is 10.6 Å². The molecule has 0 bridgehead atoms. The van der Waals surface area contributed by atoms with E-state index in [1.54, 1.807) is 28.3 Å². The van der Waals surface area contributed by atoms with Crippen LogP contribution >= 0.6 is 11.3 Å². The second-order valence-corrected chi connectivity index (χ2v) is 4.96. The quantitative estimate of drug-likeness (QED) is 0.680. The molecule has 0 aliphatic carbocycles. The number of nitrogens with one attached hydrogen (secondary N) is 1. The predicted octanol–water partition coefficient (Wildman–Crippen LogP) is 2.26. The number of thiophene rings is 1. The van der Waals surface area contributed by atoms with Crippen LogP contribution in [-0.4, -0.2) is 11.2 Å². The fraction of sp³-hybridized carbons (Fsp3) is 0.250. The summed E-state index contributed by atoms with van der Waals surface area (Å²) in [6.45, 7) is 3.95. The molecule has 6 heteroatoms. The fourth-order valence-corrected chi connectivity index (χ4v) is 1.88. The summed E-state index contributed by atoms with van der Waals surface area (Å²) in [5.41, 5.74) is 0. The first-order valence-electron chi connectivity index (χ1n) is 5.56. The van der Waals surface area contributed by atoms with Crippen molar-refractivity contribution < 1.29 is 14.0 Å². The van der Waals surface area contributed by atoms with E-state index in [0.29, 0.717) is 5.88 Å². The topological polar surface area (TPSA) is 59.0 Å². The highest BCUT2D eigenvalue weighted by molar-refractivity contribution is 7.10. The molecule has 0 unspecified atom stereocenters. The summed E-state index contributed by atoms with van der Waals surface area (Å²) in [7, 11) is 0. The maximum atomic E-state index is 11.6. The van der Waals surface area contributed by atoms with Gasteiger partial charge in [0.1, 0.15) is 0 Å². The third-order valence-electron chi connectivity index (χ3n) is 2.20. The van der Waals surface area contributed by atoms with Crippen molar-refractivity contribution in [3.63, 3.8) is 0 Å². The zero-order valence-corrected chi connectivity index (χ0v) is 11.0. The van der Waals surface area contributed by atoms with Crippen molar-refractivity contribution in [2.75, 3.05) is 5.32 Å². The van der Waals surface area contributed by atoms with E-state index >= 15 is 0 Å². The Balaban J connectivity index is 1.94. The number of carbonyl (C=O) groups is 1. The minimum Gasteiger partial charge on any atom is -0.285 e. The molecule has 5 nitrogen and oxygen atoms in total. The minimum atomic E-state index is -0.240. The van der Waals surface area contributed by atoms with Crippen LogP contribution in [0.5, 0.6) is 0 Å². The molecule has 1 amide bonds. The van der Waals surface area contributed by atoms with Gasteiger partial charge in [-0.05, 0) is 36.1 Å². The van der Waals surface area contributed by atoms with Crippen LogP contribution in [0.3, 0.4) is 0 Å². The molecule has 0 aliphatic rings. The van der Waals surface area contributed by atoms with E-state index in [-0.39, 0.29) is 11.9 Å². The summed E-state index contributed by atoms with van der Waals surface area (Å²) in [6.07, 6.45) is 4.88. The Kier molecular flexibility index (Phi) is 3.88. The van der Waals surface area contributed by atoms with Crippen molar-refractivity contribution in [1.82, 2.24) is 5.27 Å². The zero-order valence-electron chi connectivity index (χ0n) is 10.2. The van der Waals surface area contributed by atoms with E-state index in [1.807, 2.05) is 31.4 Å².